The topological polar surface area (TPSA) is 87.7 Å². The highest BCUT2D eigenvalue weighted by Crippen LogP contribution is 2.45. The highest BCUT2D eigenvalue weighted by atomic mass is 32.1. The molecular formula is C36H44N2O4S2. The first-order valence-electron chi connectivity index (χ1n) is 14.8. The second-order valence-corrected chi connectivity index (χ2v) is 16.4. The van der Waals surface area contributed by atoms with Gasteiger partial charge in [-0.15, -0.1) is 0 Å². The van der Waals surface area contributed by atoms with Gasteiger partial charge in [-0.1, -0.05) is 66.0 Å². The molecule has 0 bridgehead atoms. The lowest BCUT2D eigenvalue weighted by Gasteiger charge is -2.33. The lowest BCUT2D eigenvalue weighted by molar-refractivity contribution is 0.161. The van der Waals surface area contributed by atoms with E-state index in [1.807, 2.05) is 36.4 Å². The second kappa shape index (κ2) is 11.2. The summed E-state index contributed by atoms with van der Waals surface area (Å²) >= 11 is 11.1. The van der Waals surface area contributed by atoms with Crippen molar-refractivity contribution >= 4 is 40.9 Å². The lowest BCUT2D eigenvalue weighted by atomic mass is 9.76. The zero-order valence-electron chi connectivity index (χ0n) is 27.9. The molecular weight excluding hydrogens is 589 g/mol. The van der Waals surface area contributed by atoms with Gasteiger partial charge in [-0.05, 0) is 77.0 Å². The minimum Gasteiger partial charge on any atom is -0.511 e. The van der Waals surface area contributed by atoms with Gasteiger partial charge in [0.1, 0.15) is 17.4 Å². The average molecular weight is 633 g/mol. The lowest BCUT2D eigenvalue weighted by Crippen LogP contribution is -2.25. The van der Waals surface area contributed by atoms with E-state index in [4.69, 9.17) is 33.6 Å². The molecule has 44 heavy (non-hydrogen) atoms. The molecule has 6 nitrogen and oxygen atoms in total. The minimum absolute atomic E-state index is 0.0325. The van der Waals surface area contributed by atoms with E-state index in [1.165, 1.54) is 0 Å². The Labute approximate surface area is 271 Å². The number of nitrogens with zero attached hydrogens (tertiary/aromatic N) is 1. The normalized spacial score (nSPS) is 17.3. The van der Waals surface area contributed by atoms with Gasteiger partial charge < -0.3 is 19.8 Å². The van der Waals surface area contributed by atoms with E-state index >= 15 is 0 Å². The summed E-state index contributed by atoms with van der Waals surface area (Å²) in [5.41, 5.74) is 2.15. The Balaban J connectivity index is 2.03. The van der Waals surface area contributed by atoms with Crippen LogP contribution in [0.15, 0.2) is 67.8 Å². The molecule has 2 aromatic heterocycles. The predicted octanol–water partition coefficient (Wildman–Crippen LogP) is 9.27. The third kappa shape index (κ3) is 6.97. The summed E-state index contributed by atoms with van der Waals surface area (Å²) in [4.78, 5) is 20.4. The molecule has 8 heteroatoms. The van der Waals surface area contributed by atoms with Crippen LogP contribution in [0.5, 0.6) is 5.88 Å². The summed E-state index contributed by atoms with van der Waals surface area (Å²) in [5, 5.41) is 10.9. The molecule has 0 amide bonds. The zero-order chi connectivity index (χ0) is 33.2. The molecule has 3 heterocycles. The molecule has 0 radical (unpaired) electrons. The van der Waals surface area contributed by atoms with Crippen LogP contribution in [0, 0.1) is 15.6 Å². The monoisotopic (exact) mass is 632 g/mol. The number of ether oxygens (including phenoxy) is 1. The highest BCUT2D eigenvalue weighted by Gasteiger charge is 2.36. The van der Waals surface area contributed by atoms with E-state index in [0.29, 0.717) is 21.6 Å². The molecule has 2 N–H and O–H groups in total. The minimum atomic E-state index is -0.528. The van der Waals surface area contributed by atoms with Crippen LogP contribution in [0.1, 0.15) is 106 Å². The average Bonchev–Trinajstić information content (AvgIpc) is 2.86. The van der Waals surface area contributed by atoms with Crippen LogP contribution in [0.2, 0.25) is 0 Å². The summed E-state index contributed by atoms with van der Waals surface area (Å²) in [5.74, 6) is 2.88. The SMILES string of the molecule is CC(C)(C)C1=CC(=CC2=C(c3c(O)[n-]c(=S)[nH]c3=O)/C(=C/c3cc(C(C)(C)C)[o+]c(C(C)(C)C)c3)C2=S)C=C(C(C)(C)C)O1. The van der Waals surface area contributed by atoms with Crippen LogP contribution in [-0.2, 0) is 15.6 Å². The van der Waals surface area contributed by atoms with Crippen molar-refractivity contribution in [1.82, 2.24) is 9.97 Å². The Hall–Kier alpha value is -3.36. The molecule has 1 aliphatic heterocycles. The van der Waals surface area contributed by atoms with E-state index in [-0.39, 0.29) is 32.0 Å². The van der Waals surface area contributed by atoms with Crippen molar-refractivity contribution in [3.63, 3.8) is 0 Å². The number of aromatic nitrogens is 2. The number of aromatic hydroxyl groups is 1. The molecule has 234 valence electrons. The molecule has 2 aliphatic rings. The van der Waals surface area contributed by atoms with E-state index in [9.17, 15) is 9.90 Å². The summed E-state index contributed by atoms with van der Waals surface area (Å²) < 4.78 is 12.6. The standard InChI is InChI=1S/C36H44N2O4S2/c1-33(2,3)23-15-19(16-24(41-23)34(4,5)6)13-21-27(28-30(39)37-32(44)38-31(28)40)22(29(21)43)14-20-17-25(35(7,8)9)42-26(18-20)36(10,11)12/h13-18H,1-12H3,(H2-,37,38,39,40,43,44). The number of hydrogen-bond donors (Lipinski definition) is 2. The molecule has 0 spiro atoms. The van der Waals surface area contributed by atoms with Crippen LogP contribution in [0.3, 0.4) is 0 Å². The van der Waals surface area contributed by atoms with Crippen molar-refractivity contribution in [2.45, 2.75) is 93.9 Å². The van der Waals surface area contributed by atoms with E-state index in [0.717, 1.165) is 34.2 Å². The maximum absolute atomic E-state index is 13.3. The first-order valence-corrected chi connectivity index (χ1v) is 15.6. The third-order valence-corrected chi connectivity index (χ3v) is 8.00. The van der Waals surface area contributed by atoms with Crippen LogP contribution < -0.4 is 10.5 Å². The number of rotatable bonds is 3. The van der Waals surface area contributed by atoms with Crippen LogP contribution in [0.4, 0.5) is 0 Å². The van der Waals surface area contributed by atoms with E-state index < -0.39 is 11.4 Å². The fourth-order valence-electron chi connectivity index (χ4n) is 4.69. The Bertz CT molecular complexity index is 1750. The maximum Gasteiger partial charge on any atom is 0.335 e. The maximum atomic E-state index is 13.3. The summed E-state index contributed by atoms with van der Waals surface area (Å²) in [6, 6.07) is 4.01. The first-order chi connectivity index (χ1) is 20.0. The Morgan fingerprint density at radius 2 is 1.32 bits per heavy atom. The fraction of sp³-hybridized carbons (Fsp3) is 0.444. The predicted molar refractivity (Wildman–Crippen MR) is 185 cm³/mol. The molecule has 0 saturated carbocycles. The molecule has 2 aromatic rings. The zero-order valence-corrected chi connectivity index (χ0v) is 29.5. The number of aromatic amines is 1. The molecule has 0 unspecified atom stereocenters. The van der Waals surface area contributed by atoms with Crippen LogP contribution in [-0.4, -0.2) is 15.0 Å². The van der Waals surface area contributed by atoms with Crippen molar-refractivity contribution < 1.29 is 14.3 Å². The van der Waals surface area contributed by atoms with Gasteiger partial charge in [0.2, 0.25) is 0 Å². The smallest absolute Gasteiger partial charge is 0.335 e. The molecule has 0 aromatic carbocycles. The van der Waals surface area contributed by atoms with Crippen LogP contribution in [0.25, 0.3) is 11.6 Å². The second-order valence-electron chi connectivity index (χ2n) is 15.6. The third-order valence-electron chi connectivity index (χ3n) is 7.37. The van der Waals surface area contributed by atoms with Gasteiger partial charge in [-0.3, -0.25) is 4.79 Å². The largest absolute Gasteiger partial charge is 0.511 e. The van der Waals surface area contributed by atoms with Crippen molar-refractivity contribution in [3.05, 3.63) is 96.4 Å². The quantitative estimate of drug-likeness (QED) is 0.198. The van der Waals surface area contributed by atoms with Gasteiger partial charge in [0.25, 0.3) is 0 Å². The summed E-state index contributed by atoms with van der Waals surface area (Å²) in [6.45, 7) is 25.2. The molecule has 0 saturated heterocycles. The van der Waals surface area contributed by atoms with Crippen molar-refractivity contribution in [2.24, 2.45) is 10.8 Å². The summed E-state index contributed by atoms with van der Waals surface area (Å²) in [7, 11) is 0. The van der Waals surface area contributed by atoms with Crippen LogP contribution >= 0.6 is 24.4 Å². The van der Waals surface area contributed by atoms with E-state index in [2.05, 4.69) is 93.1 Å². The first kappa shape index (κ1) is 33.5. The van der Waals surface area contributed by atoms with E-state index in [1.54, 1.807) is 0 Å². The van der Waals surface area contributed by atoms with Gasteiger partial charge in [0.15, 0.2) is 5.56 Å². The van der Waals surface area contributed by atoms with Gasteiger partial charge in [0, 0.05) is 44.5 Å². The van der Waals surface area contributed by atoms with Gasteiger partial charge in [-0.25, -0.2) is 4.42 Å². The molecule has 0 atom stereocenters. The van der Waals surface area contributed by atoms with Crippen molar-refractivity contribution in [2.75, 3.05) is 0 Å². The molecule has 4 rings (SSSR count). The number of thiocarbonyl (C=S) groups is 1. The van der Waals surface area contributed by atoms with Gasteiger partial charge in [-0.2, -0.15) is 0 Å². The number of nitrogens with one attached hydrogen (secondary N) is 1. The van der Waals surface area contributed by atoms with Crippen molar-refractivity contribution in [1.29, 1.82) is 0 Å². The Morgan fingerprint density at radius 3 is 1.75 bits per heavy atom. The Morgan fingerprint density at radius 1 is 0.818 bits per heavy atom. The highest BCUT2D eigenvalue weighted by molar-refractivity contribution is 7.81. The molecule has 0 fully saturated rings. The fourth-order valence-corrected chi connectivity index (χ4v) is 5.19. The van der Waals surface area contributed by atoms with Gasteiger partial charge >= 0.3 is 11.5 Å². The number of H-pyrrole nitrogens is 1. The Kier molecular flexibility index (Phi) is 8.55. The molecule has 1 aliphatic carbocycles. The van der Waals surface area contributed by atoms with Crippen molar-refractivity contribution in [3.8, 4) is 5.88 Å². The number of allylic oxidation sites excluding steroid dienone is 9. The summed E-state index contributed by atoms with van der Waals surface area (Å²) in [6.07, 6.45) is 7.92. The number of hydrogen-bond acceptors (Lipinski definition) is 5. The van der Waals surface area contributed by atoms with Gasteiger partial charge in [0.05, 0.1) is 21.3 Å².